The van der Waals surface area contributed by atoms with Gasteiger partial charge in [0.2, 0.25) is 0 Å². The van der Waals surface area contributed by atoms with Crippen LogP contribution in [0.25, 0.3) is 5.57 Å². The Hall–Kier alpha value is -1.08. The Labute approximate surface area is 85.8 Å². The second-order valence-corrected chi connectivity index (χ2v) is 4.13. The normalized spacial score (nSPS) is 26.4. The Morgan fingerprint density at radius 1 is 1.29 bits per heavy atom. The Balaban J connectivity index is 2.16. The van der Waals surface area contributed by atoms with Gasteiger partial charge in [-0.3, -0.25) is 0 Å². The number of hydrogen-bond donors (Lipinski definition) is 1. The summed E-state index contributed by atoms with van der Waals surface area (Å²) in [5.41, 5.74) is 2.57. The highest BCUT2D eigenvalue weighted by Gasteiger charge is 2.25. The first-order valence-corrected chi connectivity index (χ1v) is 5.24. The van der Waals surface area contributed by atoms with E-state index in [2.05, 4.69) is 43.1 Å². The molecule has 0 saturated carbocycles. The van der Waals surface area contributed by atoms with Crippen LogP contribution in [0, 0.1) is 11.8 Å². The molecule has 1 aromatic rings. The summed E-state index contributed by atoms with van der Waals surface area (Å²) in [7, 11) is 0. The van der Waals surface area contributed by atoms with Crippen molar-refractivity contribution in [3.05, 3.63) is 42.5 Å². The molecule has 14 heavy (non-hydrogen) atoms. The third-order valence-corrected chi connectivity index (χ3v) is 3.11. The molecule has 0 radical (unpaired) electrons. The minimum absolute atomic E-state index is 0.609. The van der Waals surface area contributed by atoms with Crippen molar-refractivity contribution in [2.45, 2.75) is 6.92 Å². The van der Waals surface area contributed by atoms with E-state index in [-0.39, 0.29) is 0 Å². The highest BCUT2D eigenvalue weighted by molar-refractivity contribution is 5.65. The minimum Gasteiger partial charge on any atom is -0.316 e. The highest BCUT2D eigenvalue weighted by atomic mass is 14.9. The van der Waals surface area contributed by atoms with Crippen molar-refractivity contribution < 1.29 is 0 Å². The van der Waals surface area contributed by atoms with Crippen LogP contribution in [0.1, 0.15) is 12.5 Å². The molecule has 1 heteroatoms. The molecule has 1 heterocycles. The third-order valence-electron chi connectivity index (χ3n) is 3.11. The Morgan fingerprint density at radius 2 is 2.00 bits per heavy atom. The molecule has 1 nitrogen and oxygen atoms in total. The minimum atomic E-state index is 0.609. The molecule has 0 spiro atoms. The molecule has 1 saturated heterocycles. The monoisotopic (exact) mass is 187 g/mol. The lowest BCUT2D eigenvalue weighted by molar-refractivity contribution is 0.557. The fraction of sp³-hybridized carbons (Fsp3) is 0.385. The quantitative estimate of drug-likeness (QED) is 0.750. The van der Waals surface area contributed by atoms with Gasteiger partial charge in [0.1, 0.15) is 0 Å². The predicted molar refractivity (Wildman–Crippen MR) is 61.0 cm³/mol. The van der Waals surface area contributed by atoms with Crippen molar-refractivity contribution in [2.75, 3.05) is 13.1 Å². The maximum atomic E-state index is 4.22. The van der Waals surface area contributed by atoms with Gasteiger partial charge in [-0.1, -0.05) is 43.8 Å². The van der Waals surface area contributed by atoms with E-state index in [4.69, 9.17) is 0 Å². The van der Waals surface area contributed by atoms with Crippen LogP contribution >= 0.6 is 0 Å². The largest absolute Gasteiger partial charge is 0.316 e. The predicted octanol–water partition coefficient (Wildman–Crippen LogP) is 2.56. The van der Waals surface area contributed by atoms with Crippen molar-refractivity contribution in [3.63, 3.8) is 0 Å². The lowest BCUT2D eigenvalue weighted by Gasteiger charge is -2.17. The van der Waals surface area contributed by atoms with Crippen LogP contribution in [0.4, 0.5) is 0 Å². The van der Waals surface area contributed by atoms with E-state index in [0.29, 0.717) is 11.8 Å². The first kappa shape index (κ1) is 9.47. The van der Waals surface area contributed by atoms with Gasteiger partial charge in [-0.25, -0.2) is 0 Å². The summed E-state index contributed by atoms with van der Waals surface area (Å²) in [6.07, 6.45) is 0. The van der Waals surface area contributed by atoms with Crippen LogP contribution in [0.3, 0.4) is 0 Å². The van der Waals surface area contributed by atoms with Gasteiger partial charge in [0.15, 0.2) is 0 Å². The topological polar surface area (TPSA) is 12.0 Å². The second kappa shape index (κ2) is 3.97. The fourth-order valence-corrected chi connectivity index (χ4v) is 2.14. The van der Waals surface area contributed by atoms with Crippen molar-refractivity contribution in [3.8, 4) is 0 Å². The van der Waals surface area contributed by atoms with E-state index >= 15 is 0 Å². The molecular weight excluding hydrogens is 170 g/mol. The zero-order valence-electron chi connectivity index (χ0n) is 8.66. The van der Waals surface area contributed by atoms with E-state index in [1.165, 1.54) is 11.1 Å². The van der Waals surface area contributed by atoms with E-state index < -0.39 is 0 Å². The Morgan fingerprint density at radius 3 is 2.57 bits per heavy atom. The Kier molecular flexibility index (Phi) is 2.69. The molecule has 74 valence electrons. The van der Waals surface area contributed by atoms with Crippen LogP contribution in [0.5, 0.6) is 0 Å². The maximum absolute atomic E-state index is 4.22. The Bertz CT molecular complexity index is 315. The molecule has 2 atom stereocenters. The molecule has 1 aromatic carbocycles. The van der Waals surface area contributed by atoms with Crippen molar-refractivity contribution >= 4 is 5.57 Å². The van der Waals surface area contributed by atoms with Crippen molar-refractivity contribution in [2.24, 2.45) is 11.8 Å². The summed E-state index contributed by atoms with van der Waals surface area (Å²) >= 11 is 0. The van der Waals surface area contributed by atoms with E-state index in [1.54, 1.807) is 0 Å². The number of benzene rings is 1. The van der Waals surface area contributed by atoms with Gasteiger partial charge in [-0.15, -0.1) is 0 Å². The van der Waals surface area contributed by atoms with E-state index in [0.717, 1.165) is 13.1 Å². The molecule has 0 bridgehead atoms. The third kappa shape index (κ3) is 1.73. The van der Waals surface area contributed by atoms with Crippen LogP contribution in [-0.4, -0.2) is 13.1 Å². The van der Waals surface area contributed by atoms with Gasteiger partial charge in [0, 0.05) is 12.5 Å². The molecule has 0 aliphatic carbocycles. The zero-order valence-corrected chi connectivity index (χ0v) is 8.66. The van der Waals surface area contributed by atoms with E-state index in [1.807, 2.05) is 6.07 Å². The van der Waals surface area contributed by atoms with Gasteiger partial charge in [0.05, 0.1) is 0 Å². The summed E-state index contributed by atoms with van der Waals surface area (Å²) in [5.74, 6) is 1.32. The van der Waals surface area contributed by atoms with Gasteiger partial charge in [-0.05, 0) is 23.6 Å². The van der Waals surface area contributed by atoms with Crippen LogP contribution in [-0.2, 0) is 0 Å². The van der Waals surface area contributed by atoms with Gasteiger partial charge in [0.25, 0.3) is 0 Å². The summed E-state index contributed by atoms with van der Waals surface area (Å²) in [4.78, 5) is 0. The average molecular weight is 187 g/mol. The SMILES string of the molecule is C=C(c1ccccc1)[C@H]1CNC[C@H]1C. The number of hydrogen-bond acceptors (Lipinski definition) is 1. The van der Waals surface area contributed by atoms with Gasteiger partial charge < -0.3 is 5.32 Å². The summed E-state index contributed by atoms with van der Waals surface area (Å²) < 4.78 is 0. The second-order valence-electron chi connectivity index (χ2n) is 4.13. The lowest BCUT2D eigenvalue weighted by atomic mass is 9.87. The van der Waals surface area contributed by atoms with Gasteiger partial charge in [-0.2, -0.15) is 0 Å². The van der Waals surface area contributed by atoms with Crippen LogP contribution in [0.2, 0.25) is 0 Å². The molecule has 1 aliphatic rings. The van der Waals surface area contributed by atoms with Crippen LogP contribution < -0.4 is 5.32 Å². The molecule has 1 aliphatic heterocycles. The first-order chi connectivity index (χ1) is 6.79. The summed E-state index contributed by atoms with van der Waals surface area (Å²) in [6.45, 7) is 8.71. The smallest absolute Gasteiger partial charge is 0.00233 e. The number of nitrogens with one attached hydrogen (secondary N) is 1. The van der Waals surface area contributed by atoms with Crippen molar-refractivity contribution in [1.29, 1.82) is 0 Å². The molecule has 0 aromatic heterocycles. The number of rotatable bonds is 2. The molecule has 1 fully saturated rings. The summed E-state index contributed by atoms with van der Waals surface area (Å²) in [6, 6.07) is 10.5. The maximum Gasteiger partial charge on any atom is 0.00233 e. The highest BCUT2D eigenvalue weighted by Crippen LogP contribution is 2.29. The molecule has 0 amide bonds. The molecule has 2 rings (SSSR count). The van der Waals surface area contributed by atoms with Crippen molar-refractivity contribution in [1.82, 2.24) is 5.32 Å². The van der Waals surface area contributed by atoms with Crippen LogP contribution in [0.15, 0.2) is 36.9 Å². The fourth-order valence-electron chi connectivity index (χ4n) is 2.14. The summed E-state index contributed by atoms with van der Waals surface area (Å²) in [5, 5.41) is 3.41. The molecular formula is C13H17N. The first-order valence-electron chi connectivity index (χ1n) is 5.24. The molecule has 1 N–H and O–H groups in total. The van der Waals surface area contributed by atoms with Gasteiger partial charge >= 0.3 is 0 Å². The average Bonchev–Trinajstić information content (AvgIpc) is 2.65. The zero-order chi connectivity index (χ0) is 9.97. The van der Waals surface area contributed by atoms with E-state index in [9.17, 15) is 0 Å². The lowest BCUT2D eigenvalue weighted by Crippen LogP contribution is -2.11. The standard InChI is InChI=1S/C13H17N/c1-10-8-14-9-13(10)11(2)12-6-4-3-5-7-12/h3-7,10,13-14H,2,8-9H2,1H3/t10-,13+/m1/s1. The molecule has 0 unspecified atom stereocenters.